The first-order valence-corrected chi connectivity index (χ1v) is 11.1. The van der Waals surface area contributed by atoms with Crippen molar-refractivity contribution in [2.45, 2.75) is 51.7 Å². The highest BCUT2D eigenvalue weighted by Crippen LogP contribution is 2.14. The van der Waals surface area contributed by atoms with Crippen LogP contribution in [0.2, 0.25) is 0 Å². The maximum atomic E-state index is 12.2. The third-order valence-electron chi connectivity index (χ3n) is 5.77. The van der Waals surface area contributed by atoms with Gasteiger partial charge >= 0.3 is 6.03 Å². The lowest BCUT2D eigenvalue weighted by Gasteiger charge is -2.26. The number of aromatic nitrogens is 3. The molecule has 0 atom stereocenters. The Morgan fingerprint density at radius 1 is 1.03 bits per heavy atom. The molecule has 2 aromatic rings. The number of urea groups is 1. The molecule has 0 saturated carbocycles. The van der Waals surface area contributed by atoms with E-state index >= 15 is 0 Å². The third-order valence-corrected chi connectivity index (χ3v) is 5.77. The standard InChI is InChI=1S/C22H32N6O2/c29-22(23-9-8-21-26-25-20-7-2-1-3-10-28(20)21)24-16-18-5-4-6-19(15-18)17-27-11-13-30-14-12-27/h4-6,15H,1-3,7-14,16-17H2,(H2,23,24,29). The van der Waals surface area contributed by atoms with Gasteiger partial charge in [-0.25, -0.2) is 4.79 Å². The minimum atomic E-state index is -0.149. The number of hydrogen-bond acceptors (Lipinski definition) is 5. The maximum absolute atomic E-state index is 12.2. The Balaban J connectivity index is 1.20. The molecule has 4 rings (SSSR count). The third kappa shape index (κ3) is 5.79. The molecule has 1 saturated heterocycles. The van der Waals surface area contributed by atoms with E-state index < -0.39 is 0 Å². The topological polar surface area (TPSA) is 84.3 Å². The second kappa shape index (κ2) is 10.5. The van der Waals surface area contributed by atoms with Crippen LogP contribution in [0.25, 0.3) is 0 Å². The van der Waals surface area contributed by atoms with Gasteiger partial charge in [0, 0.05) is 52.1 Å². The fourth-order valence-electron chi connectivity index (χ4n) is 4.12. The van der Waals surface area contributed by atoms with Gasteiger partial charge in [-0.05, 0) is 24.0 Å². The number of hydrogen-bond donors (Lipinski definition) is 2. The van der Waals surface area contributed by atoms with Crippen molar-refractivity contribution in [3.05, 3.63) is 47.0 Å². The van der Waals surface area contributed by atoms with Crippen LogP contribution in [0.5, 0.6) is 0 Å². The van der Waals surface area contributed by atoms with Crippen LogP contribution in [-0.4, -0.2) is 58.5 Å². The van der Waals surface area contributed by atoms with Crippen LogP contribution < -0.4 is 10.6 Å². The molecule has 0 aliphatic carbocycles. The molecule has 1 aromatic carbocycles. The zero-order chi connectivity index (χ0) is 20.6. The van der Waals surface area contributed by atoms with Gasteiger partial charge in [0.1, 0.15) is 11.6 Å². The highest BCUT2D eigenvalue weighted by molar-refractivity contribution is 5.73. The van der Waals surface area contributed by atoms with Gasteiger partial charge in [0.15, 0.2) is 0 Å². The van der Waals surface area contributed by atoms with Crippen LogP contribution in [0.3, 0.4) is 0 Å². The minimum Gasteiger partial charge on any atom is -0.379 e. The summed E-state index contributed by atoms with van der Waals surface area (Å²) in [5.74, 6) is 2.06. The number of ether oxygens (including phenoxy) is 1. The first-order chi connectivity index (χ1) is 14.8. The van der Waals surface area contributed by atoms with Crippen molar-refractivity contribution in [1.29, 1.82) is 0 Å². The van der Waals surface area contributed by atoms with Crippen molar-refractivity contribution in [2.75, 3.05) is 32.8 Å². The first kappa shape index (κ1) is 20.8. The SMILES string of the molecule is O=C(NCCc1nnc2n1CCCCC2)NCc1cccc(CN2CCOCC2)c1. The van der Waals surface area contributed by atoms with E-state index in [1.54, 1.807) is 0 Å². The Labute approximate surface area is 178 Å². The average Bonchev–Trinajstić information content (AvgIpc) is 2.99. The molecular formula is C22H32N6O2. The Morgan fingerprint density at radius 2 is 1.90 bits per heavy atom. The van der Waals surface area contributed by atoms with Crippen molar-refractivity contribution in [3.63, 3.8) is 0 Å². The molecule has 8 nitrogen and oxygen atoms in total. The smallest absolute Gasteiger partial charge is 0.315 e. The van der Waals surface area contributed by atoms with Crippen molar-refractivity contribution >= 4 is 6.03 Å². The van der Waals surface area contributed by atoms with E-state index in [0.717, 1.165) is 63.0 Å². The summed E-state index contributed by atoms with van der Waals surface area (Å²) >= 11 is 0. The van der Waals surface area contributed by atoms with E-state index in [1.165, 1.54) is 24.8 Å². The molecule has 0 bridgehead atoms. The number of carbonyl (C=O) groups is 1. The van der Waals surface area contributed by atoms with Crippen molar-refractivity contribution in [2.24, 2.45) is 0 Å². The Kier molecular flexibility index (Phi) is 7.31. The lowest BCUT2D eigenvalue weighted by molar-refractivity contribution is 0.0342. The number of carbonyl (C=O) groups excluding carboxylic acids is 1. The summed E-state index contributed by atoms with van der Waals surface area (Å²) in [6.07, 6.45) is 5.32. The normalized spacial score (nSPS) is 17.2. The molecule has 3 heterocycles. The molecule has 0 spiro atoms. The first-order valence-electron chi connectivity index (χ1n) is 11.1. The lowest BCUT2D eigenvalue weighted by atomic mass is 10.1. The molecule has 1 aromatic heterocycles. The fourth-order valence-corrected chi connectivity index (χ4v) is 4.12. The minimum absolute atomic E-state index is 0.149. The zero-order valence-electron chi connectivity index (χ0n) is 17.6. The maximum Gasteiger partial charge on any atom is 0.315 e. The second-order valence-corrected chi connectivity index (χ2v) is 8.06. The zero-order valence-corrected chi connectivity index (χ0v) is 17.6. The summed E-state index contributed by atoms with van der Waals surface area (Å²) in [4.78, 5) is 14.6. The number of nitrogens with zero attached hydrogens (tertiary/aromatic N) is 4. The highest BCUT2D eigenvalue weighted by atomic mass is 16.5. The van der Waals surface area contributed by atoms with Gasteiger partial charge in [0.25, 0.3) is 0 Å². The number of morpholine rings is 1. The summed E-state index contributed by atoms with van der Waals surface area (Å²) in [6.45, 7) is 6.54. The van der Waals surface area contributed by atoms with E-state index in [9.17, 15) is 4.79 Å². The molecule has 8 heteroatoms. The molecule has 0 radical (unpaired) electrons. The Bertz CT molecular complexity index is 831. The molecule has 0 unspecified atom stereocenters. The number of amides is 2. The molecule has 2 aliphatic rings. The molecule has 1 fully saturated rings. The van der Waals surface area contributed by atoms with Crippen LogP contribution in [0.1, 0.15) is 42.0 Å². The summed E-state index contributed by atoms with van der Waals surface area (Å²) in [5, 5.41) is 14.5. The number of benzene rings is 1. The van der Waals surface area contributed by atoms with Gasteiger partial charge in [0.05, 0.1) is 13.2 Å². The Morgan fingerprint density at radius 3 is 2.80 bits per heavy atom. The number of fused-ring (bicyclic) bond motifs is 1. The van der Waals surface area contributed by atoms with Crippen LogP contribution >= 0.6 is 0 Å². The monoisotopic (exact) mass is 412 g/mol. The molecular weight excluding hydrogens is 380 g/mol. The van der Waals surface area contributed by atoms with Crippen molar-refractivity contribution < 1.29 is 9.53 Å². The van der Waals surface area contributed by atoms with Gasteiger partial charge in [-0.3, -0.25) is 4.90 Å². The number of aryl methyl sites for hydroxylation is 1. The van der Waals surface area contributed by atoms with E-state index in [4.69, 9.17) is 4.74 Å². The average molecular weight is 413 g/mol. The van der Waals surface area contributed by atoms with Gasteiger partial charge in [-0.1, -0.05) is 30.7 Å². The second-order valence-electron chi connectivity index (χ2n) is 8.06. The largest absolute Gasteiger partial charge is 0.379 e. The number of rotatable bonds is 7. The molecule has 30 heavy (non-hydrogen) atoms. The van der Waals surface area contributed by atoms with E-state index in [1.807, 2.05) is 0 Å². The van der Waals surface area contributed by atoms with Crippen LogP contribution in [-0.2, 0) is 37.2 Å². The summed E-state index contributed by atoms with van der Waals surface area (Å²) in [6, 6.07) is 8.27. The molecule has 2 N–H and O–H groups in total. The van der Waals surface area contributed by atoms with Crippen LogP contribution in [0, 0.1) is 0 Å². The number of nitrogens with one attached hydrogen (secondary N) is 2. The van der Waals surface area contributed by atoms with E-state index in [-0.39, 0.29) is 6.03 Å². The Hall–Kier alpha value is -2.45. The molecule has 2 amide bonds. The van der Waals surface area contributed by atoms with Crippen LogP contribution in [0.15, 0.2) is 24.3 Å². The highest BCUT2D eigenvalue weighted by Gasteiger charge is 2.14. The van der Waals surface area contributed by atoms with Gasteiger partial charge in [0.2, 0.25) is 0 Å². The lowest BCUT2D eigenvalue weighted by Crippen LogP contribution is -2.36. The van der Waals surface area contributed by atoms with Crippen molar-refractivity contribution in [3.8, 4) is 0 Å². The summed E-state index contributed by atoms with van der Waals surface area (Å²) in [5.41, 5.74) is 2.38. The predicted octanol–water partition coefficient (Wildman–Crippen LogP) is 1.88. The van der Waals surface area contributed by atoms with E-state index in [2.05, 4.69) is 54.6 Å². The quantitative estimate of drug-likeness (QED) is 0.725. The van der Waals surface area contributed by atoms with Crippen LogP contribution in [0.4, 0.5) is 4.79 Å². The summed E-state index contributed by atoms with van der Waals surface area (Å²) < 4.78 is 7.64. The predicted molar refractivity (Wildman–Crippen MR) is 114 cm³/mol. The summed E-state index contributed by atoms with van der Waals surface area (Å²) in [7, 11) is 0. The van der Waals surface area contributed by atoms with Gasteiger partial charge in [-0.2, -0.15) is 0 Å². The van der Waals surface area contributed by atoms with Crippen molar-refractivity contribution in [1.82, 2.24) is 30.3 Å². The van der Waals surface area contributed by atoms with Gasteiger partial charge in [-0.15, -0.1) is 10.2 Å². The van der Waals surface area contributed by atoms with E-state index in [0.29, 0.717) is 19.5 Å². The molecule has 2 aliphatic heterocycles. The molecule has 162 valence electrons. The fraction of sp³-hybridized carbons (Fsp3) is 0.591. The van der Waals surface area contributed by atoms with Gasteiger partial charge < -0.3 is 19.9 Å².